The van der Waals surface area contributed by atoms with Gasteiger partial charge in [-0.25, -0.2) is 8.42 Å². The van der Waals surface area contributed by atoms with Crippen LogP contribution in [-0.4, -0.2) is 27.5 Å². The zero-order chi connectivity index (χ0) is 24.5. The lowest BCUT2D eigenvalue weighted by molar-refractivity contribution is 0.0939. The predicted octanol–water partition coefficient (Wildman–Crippen LogP) is 4.67. The number of carbonyl (C=O) groups is 1. The number of rotatable bonds is 6. The first-order chi connectivity index (χ1) is 16.1. The average molecular weight is 481 g/mol. The molecule has 1 aliphatic rings. The lowest BCUT2D eigenvalue weighted by atomic mass is 10.1. The summed E-state index contributed by atoms with van der Waals surface area (Å²) in [7, 11) is -3.88. The van der Waals surface area contributed by atoms with Crippen LogP contribution in [0.3, 0.4) is 0 Å². The molecule has 3 aromatic rings. The molecule has 0 spiro atoms. The van der Waals surface area contributed by atoms with Crippen LogP contribution in [0.5, 0.6) is 11.5 Å². The molecule has 1 heterocycles. The number of hydrogen-bond donors (Lipinski definition) is 2. The van der Waals surface area contributed by atoms with Gasteiger partial charge in [-0.05, 0) is 86.3 Å². The van der Waals surface area contributed by atoms with Crippen molar-refractivity contribution in [2.45, 2.75) is 38.6 Å². The third-order valence-electron chi connectivity index (χ3n) is 5.63. The largest absolute Gasteiger partial charge is 0.486 e. The number of ether oxygens (including phenoxy) is 2. The quantitative estimate of drug-likeness (QED) is 0.535. The molecule has 7 nitrogen and oxygen atoms in total. The van der Waals surface area contributed by atoms with Crippen molar-refractivity contribution in [2.75, 3.05) is 17.9 Å². The number of amides is 1. The Morgan fingerprint density at radius 2 is 1.56 bits per heavy atom. The summed E-state index contributed by atoms with van der Waals surface area (Å²) in [6.45, 7) is 8.36. The Balaban J connectivity index is 1.54. The van der Waals surface area contributed by atoms with Gasteiger partial charge in [0.25, 0.3) is 15.9 Å². The molecule has 8 heteroatoms. The summed E-state index contributed by atoms with van der Waals surface area (Å²) in [4.78, 5) is 13.0. The van der Waals surface area contributed by atoms with Crippen LogP contribution in [0.25, 0.3) is 0 Å². The fourth-order valence-electron chi connectivity index (χ4n) is 3.97. The van der Waals surface area contributed by atoms with Gasteiger partial charge < -0.3 is 14.8 Å². The van der Waals surface area contributed by atoms with E-state index in [4.69, 9.17) is 9.47 Å². The molecular formula is C26H28N2O5S. The number of aryl methyl sites for hydroxylation is 3. The molecule has 0 radical (unpaired) electrons. The Bertz CT molecular complexity index is 1330. The molecule has 0 saturated carbocycles. The minimum absolute atomic E-state index is 0.0614. The number of sulfonamides is 1. The van der Waals surface area contributed by atoms with Gasteiger partial charge in [-0.2, -0.15) is 0 Å². The highest BCUT2D eigenvalue weighted by atomic mass is 32.2. The molecule has 1 amide bonds. The van der Waals surface area contributed by atoms with Gasteiger partial charge >= 0.3 is 0 Å². The number of fused-ring (bicyclic) bond motifs is 1. The van der Waals surface area contributed by atoms with E-state index < -0.39 is 10.0 Å². The summed E-state index contributed by atoms with van der Waals surface area (Å²) in [5, 5.41) is 2.93. The summed E-state index contributed by atoms with van der Waals surface area (Å²) in [6, 6.07) is 15.4. The molecule has 0 bridgehead atoms. The minimum Gasteiger partial charge on any atom is -0.486 e. The fourth-order valence-corrected chi connectivity index (χ4v) is 5.28. The van der Waals surface area contributed by atoms with Gasteiger partial charge in [0.15, 0.2) is 11.5 Å². The van der Waals surface area contributed by atoms with Crippen LogP contribution >= 0.6 is 0 Å². The first kappa shape index (κ1) is 23.6. The van der Waals surface area contributed by atoms with Crippen molar-refractivity contribution in [2.24, 2.45) is 0 Å². The van der Waals surface area contributed by atoms with Gasteiger partial charge in [0.2, 0.25) is 0 Å². The van der Waals surface area contributed by atoms with Gasteiger partial charge in [-0.3, -0.25) is 9.52 Å². The summed E-state index contributed by atoms with van der Waals surface area (Å²) < 4.78 is 40.1. The highest BCUT2D eigenvalue weighted by molar-refractivity contribution is 7.92. The van der Waals surface area contributed by atoms with Crippen molar-refractivity contribution in [1.82, 2.24) is 5.32 Å². The van der Waals surface area contributed by atoms with Crippen LogP contribution in [0.2, 0.25) is 0 Å². The van der Waals surface area contributed by atoms with E-state index in [9.17, 15) is 13.2 Å². The van der Waals surface area contributed by atoms with Crippen LogP contribution in [-0.2, 0) is 10.0 Å². The molecule has 4 rings (SSSR count). The summed E-state index contributed by atoms with van der Waals surface area (Å²) in [5.74, 6) is 0.953. The average Bonchev–Trinajstić information content (AvgIpc) is 2.77. The molecular weight excluding hydrogens is 452 g/mol. The van der Waals surface area contributed by atoms with Crippen molar-refractivity contribution < 1.29 is 22.7 Å². The molecule has 0 aromatic heterocycles. The molecule has 0 aliphatic carbocycles. The van der Waals surface area contributed by atoms with Crippen molar-refractivity contribution >= 4 is 21.6 Å². The number of hydrogen-bond acceptors (Lipinski definition) is 5. The third-order valence-corrected chi connectivity index (χ3v) is 7.15. The van der Waals surface area contributed by atoms with Gasteiger partial charge in [0.1, 0.15) is 13.2 Å². The molecule has 0 saturated heterocycles. The van der Waals surface area contributed by atoms with E-state index in [2.05, 4.69) is 10.0 Å². The summed E-state index contributed by atoms with van der Waals surface area (Å²) in [5.41, 5.74) is 4.06. The Labute approximate surface area is 200 Å². The summed E-state index contributed by atoms with van der Waals surface area (Å²) in [6.07, 6.45) is 0. The molecule has 1 unspecified atom stereocenters. The number of anilines is 1. The van der Waals surface area contributed by atoms with Gasteiger partial charge in [-0.1, -0.05) is 18.2 Å². The van der Waals surface area contributed by atoms with E-state index in [0.717, 1.165) is 16.7 Å². The van der Waals surface area contributed by atoms with E-state index in [1.807, 2.05) is 45.0 Å². The van der Waals surface area contributed by atoms with Crippen LogP contribution in [0.4, 0.5) is 5.69 Å². The highest BCUT2D eigenvalue weighted by Crippen LogP contribution is 2.32. The van der Waals surface area contributed by atoms with Gasteiger partial charge in [0, 0.05) is 11.3 Å². The second-order valence-corrected chi connectivity index (χ2v) is 10.2. The maximum Gasteiger partial charge on any atom is 0.262 e. The predicted molar refractivity (Wildman–Crippen MR) is 131 cm³/mol. The number of benzene rings is 3. The standard InChI is InChI=1S/C26H28N2O5S/c1-16-11-17(2)13-22(12-16)28-34(30,31)25-15-21(6-5-18(25)3)26(29)27-19(4)20-7-8-23-24(14-20)33-10-9-32-23/h5-8,11-15,19,28H,9-10H2,1-4H3,(H,27,29). The normalized spacial score (nSPS) is 13.8. The number of carbonyl (C=O) groups excluding carboxylic acids is 1. The lowest BCUT2D eigenvalue weighted by Crippen LogP contribution is -2.27. The molecule has 3 aromatic carbocycles. The minimum atomic E-state index is -3.88. The molecule has 34 heavy (non-hydrogen) atoms. The fraction of sp³-hybridized carbons (Fsp3) is 0.269. The van der Waals surface area contributed by atoms with Gasteiger partial charge in [-0.15, -0.1) is 0 Å². The Morgan fingerprint density at radius 3 is 2.26 bits per heavy atom. The topological polar surface area (TPSA) is 93.7 Å². The molecule has 1 aliphatic heterocycles. The Kier molecular flexibility index (Phi) is 6.52. The Hall–Kier alpha value is -3.52. The third kappa shape index (κ3) is 5.17. The SMILES string of the molecule is Cc1cc(C)cc(NS(=O)(=O)c2cc(C(=O)NC(C)c3ccc4c(c3)OCCO4)ccc2C)c1. The summed E-state index contributed by atoms with van der Waals surface area (Å²) >= 11 is 0. The van der Waals surface area contributed by atoms with Crippen LogP contribution in [0.1, 0.15) is 45.6 Å². The molecule has 2 N–H and O–H groups in total. The van der Waals surface area contributed by atoms with Crippen LogP contribution in [0.15, 0.2) is 59.5 Å². The molecule has 0 fully saturated rings. The second-order valence-electron chi connectivity index (χ2n) is 8.56. The highest BCUT2D eigenvalue weighted by Gasteiger charge is 2.21. The second kappa shape index (κ2) is 9.38. The smallest absolute Gasteiger partial charge is 0.262 e. The maximum atomic E-state index is 13.1. The first-order valence-electron chi connectivity index (χ1n) is 11.0. The van der Waals surface area contributed by atoms with E-state index >= 15 is 0 Å². The maximum absolute atomic E-state index is 13.1. The van der Waals surface area contributed by atoms with Crippen LogP contribution in [0, 0.1) is 20.8 Å². The van der Waals surface area contributed by atoms with E-state index in [1.54, 1.807) is 31.2 Å². The van der Waals surface area contributed by atoms with Gasteiger partial charge in [0.05, 0.1) is 10.9 Å². The lowest BCUT2D eigenvalue weighted by Gasteiger charge is -2.21. The molecule has 178 valence electrons. The number of nitrogens with one attached hydrogen (secondary N) is 2. The monoisotopic (exact) mass is 480 g/mol. The van der Waals surface area contributed by atoms with Crippen molar-refractivity contribution in [3.63, 3.8) is 0 Å². The van der Waals surface area contributed by atoms with Crippen molar-refractivity contribution in [3.8, 4) is 11.5 Å². The van der Waals surface area contributed by atoms with Crippen molar-refractivity contribution in [1.29, 1.82) is 0 Å². The zero-order valence-electron chi connectivity index (χ0n) is 19.6. The van der Waals surface area contributed by atoms with E-state index in [-0.39, 0.29) is 22.4 Å². The van der Waals surface area contributed by atoms with E-state index in [1.165, 1.54) is 6.07 Å². The van der Waals surface area contributed by atoms with Crippen molar-refractivity contribution in [3.05, 3.63) is 82.4 Å². The first-order valence-corrected chi connectivity index (χ1v) is 12.5. The Morgan fingerprint density at radius 1 is 0.882 bits per heavy atom. The molecule has 1 atom stereocenters. The van der Waals surface area contributed by atoms with Crippen LogP contribution < -0.4 is 19.5 Å². The van der Waals surface area contributed by atoms with E-state index in [0.29, 0.717) is 36.0 Å². The zero-order valence-corrected chi connectivity index (χ0v) is 20.5.